The maximum absolute atomic E-state index is 12.4. The van der Waals surface area contributed by atoms with Crippen LogP contribution in [0.1, 0.15) is 24.2 Å². The number of rotatable bonds is 9. The highest BCUT2D eigenvalue weighted by Crippen LogP contribution is 2.39. The predicted octanol–water partition coefficient (Wildman–Crippen LogP) is 3.12. The molecule has 8 heteroatoms. The Balaban J connectivity index is 1.74. The Labute approximate surface area is 182 Å². The topological polar surface area (TPSA) is 86.3 Å². The van der Waals surface area contributed by atoms with Gasteiger partial charge in [-0.3, -0.25) is 4.79 Å². The third-order valence-electron chi connectivity index (χ3n) is 4.63. The SMILES string of the molecule is CCOc1cc(N2CCOCC2)c(OCC)cc1NC(=O)COC(=O)c1ccccc1. The summed E-state index contributed by atoms with van der Waals surface area (Å²) in [6.07, 6.45) is 0. The van der Waals surface area contributed by atoms with E-state index >= 15 is 0 Å². The first-order valence-corrected chi connectivity index (χ1v) is 10.4. The molecule has 0 saturated carbocycles. The number of hydrogen-bond donors (Lipinski definition) is 1. The van der Waals surface area contributed by atoms with Crippen LogP contribution in [0, 0.1) is 0 Å². The number of ether oxygens (including phenoxy) is 4. The second-order valence-electron chi connectivity index (χ2n) is 6.77. The molecule has 0 radical (unpaired) electrons. The fraction of sp³-hybridized carbons (Fsp3) is 0.391. The highest BCUT2D eigenvalue weighted by atomic mass is 16.5. The van der Waals surface area contributed by atoms with Crippen LogP contribution in [0.3, 0.4) is 0 Å². The largest absolute Gasteiger partial charge is 0.492 e. The van der Waals surface area contributed by atoms with Gasteiger partial charge in [0.05, 0.1) is 43.4 Å². The number of amides is 1. The van der Waals surface area contributed by atoms with Crippen LogP contribution in [0.4, 0.5) is 11.4 Å². The second-order valence-corrected chi connectivity index (χ2v) is 6.77. The van der Waals surface area contributed by atoms with Crippen LogP contribution < -0.4 is 19.7 Å². The van der Waals surface area contributed by atoms with Crippen LogP contribution in [-0.2, 0) is 14.3 Å². The lowest BCUT2D eigenvalue weighted by molar-refractivity contribution is -0.119. The number of esters is 1. The number of morpholine rings is 1. The van der Waals surface area contributed by atoms with E-state index in [2.05, 4.69) is 10.2 Å². The summed E-state index contributed by atoms with van der Waals surface area (Å²) < 4.78 is 22.1. The van der Waals surface area contributed by atoms with Crippen LogP contribution in [0.5, 0.6) is 11.5 Å². The van der Waals surface area contributed by atoms with Gasteiger partial charge in [0.2, 0.25) is 0 Å². The van der Waals surface area contributed by atoms with Crippen LogP contribution in [0.15, 0.2) is 42.5 Å². The average Bonchev–Trinajstić information content (AvgIpc) is 2.80. The van der Waals surface area contributed by atoms with Crippen molar-refractivity contribution in [2.24, 2.45) is 0 Å². The Bertz CT molecular complexity index is 881. The Hall–Kier alpha value is -3.26. The molecule has 1 heterocycles. The van der Waals surface area contributed by atoms with E-state index in [9.17, 15) is 9.59 Å². The maximum atomic E-state index is 12.4. The van der Waals surface area contributed by atoms with Gasteiger partial charge in [-0.15, -0.1) is 0 Å². The number of carbonyl (C=O) groups excluding carboxylic acids is 2. The molecule has 2 aromatic rings. The number of nitrogens with zero attached hydrogens (tertiary/aromatic N) is 1. The van der Waals surface area contributed by atoms with E-state index in [1.165, 1.54) is 0 Å². The summed E-state index contributed by atoms with van der Waals surface area (Å²) in [5.41, 5.74) is 1.74. The molecular weight excluding hydrogens is 400 g/mol. The van der Waals surface area contributed by atoms with Crippen LogP contribution >= 0.6 is 0 Å². The molecule has 1 fully saturated rings. The summed E-state index contributed by atoms with van der Waals surface area (Å²) in [6, 6.07) is 12.1. The van der Waals surface area contributed by atoms with Gasteiger partial charge in [0, 0.05) is 25.2 Å². The first kappa shape index (κ1) is 22.4. The first-order valence-electron chi connectivity index (χ1n) is 10.4. The molecule has 31 heavy (non-hydrogen) atoms. The molecule has 166 valence electrons. The normalized spacial score (nSPS) is 13.4. The summed E-state index contributed by atoms with van der Waals surface area (Å²) in [4.78, 5) is 26.7. The van der Waals surface area contributed by atoms with E-state index in [1.54, 1.807) is 36.4 Å². The van der Waals surface area contributed by atoms with Crippen LogP contribution in [-0.4, -0.2) is 58.0 Å². The van der Waals surface area contributed by atoms with Gasteiger partial charge < -0.3 is 29.2 Å². The van der Waals surface area contributed by atoms with Gasteiger partial charge in [-0.05, 0) is 26.0 Å². The van der Waals surface area contributed by atoms with E-state index < -0.39 is 18.5 Å². The van der Waals surface area contributed by atoms with Crippen molar-refractivity contribution in [2.45, 2.75) is 13.8 Å². The molecule has 1 aliphatic rings. The van der Waals surface area contributed by atoms with Gasteiger partial charge in [0.15, 0.2) is 6.61 Å². The summed E-state index contributed by atoms with van der Waals surface area (Å²) in [6.45, 7) is 7.05. The van der Waals surface area contributed by atoms with E-state index in [4.69, 9.17) is 18.9 Å². The molecule has 0 unspecified atom stereocenters. The van der Waals surface area contributed by atoms with E-state index in [1.807, 2.05) is 19.9 Å². The van der Waals surface area contributed by atoms with Gasteiger partial charge in [-0.2, -0.15) is 0 Å². The van der Waals surface area contributed by atoms with Gasteiger partial charge in [0.25, 0.3) is 5.91 Å². The minimum Gasteiger partial charge on any atom is -0.492 e. The molecule has 3 rings (SSSR count). The lowest BCUT2D eigenvalue weighted by Gasteiger charge is -2.31. The quantitative estimate of drug-likeness (QED) is 0.614. The fourth-order valence-electron chi connectivity index (χ4n) is 3.22. The monoisotopic (exact) mass is 428 g/mol. The van der Waals surface area contributed by atoms with Gasteiger partial charge in [-0.25, -0.2) is 4.79 Å². The lowest BCUT2D eigenvalue weighted by atomic mass is 10.2. The van der Waals surface area contributed by atoms with Crippen molar-refractivity contribution in [3.05, 3.63) is 48.0 Å². The Kier molecular flexibility index (Phi) is 8.12. The Morgan fingerprint density at radius 1 is 1.00 bits per heavy atom. The van der Waals surface area contributed by atoms with Crippen molar-refractivity contribution in [2.75, 3.05) is 56.3 Å². The molecule has 0 aliphatic carbocycles. The zero-order chi connectivity index (χ0) is 22.1. The highest BCUT2D eigenvalue weighted by Gasteiger charge is 2.21. The third-order valence-corrected chi connectivity index (χ3v) is 4.63. The van der Waals surface area contributed by atoms with Crippen molar-refractivity contribution < 1.29 is 28.5 Å². The standard InChI is InChI=1S/C23H28N2O6/c1-3-29-20-15-19(25-10-12-28-13-11-25)21(30-4-2)14-18(20)24-22(26)16-31-23(27)17-8-6-5-7-9-17/h5-9,14-15H,3-4,10-13,16H2,1-2H3,(H,24,26). The molecule has 1 aliphatic heterocycles. The van der Waals surface area contributed by atoms with E-state index in [-0.39, 0.29) is 0 Å². The molecule has 0 bridgehead atoms. The molecular formula is C23H28N2O6. The van der Waals surface area contributed by atoms with E-state index in [0.717, 1.165) is 18.8 Å². The summed E-state index contributed by atoms with van der Waals surface area (Å²) in [7, 11) is 0. The van der Waals surface area contributed by atoms with Crippen LogP contribution in [0.25, 0.3) is 0 Å². The molecule has 1 N–H and O–H groups in total. The highest BCUT2D eigenvalue weighted by molar-refractivity contribution is 5.97. The van der Waals surface area contributed by atoms with Crippen LogP contribution in [0.2, 0.25) is 0 Å². The predicted molar refractivity (Wildman–Crippen MR) is 117 cm³/mol. The smallest absolute Gasteiger partial charge is 0.338 e. The second kappa shape index (κ2) is 11.2. The number of nitrogens with one attached hydrogen (secondary N) is 1. The summed E-state index contributed by atoms with van der Waals surface area (Å²) in [5.74, 6) is 0.143. The zero-order valence-corrected chi connectivity index (χ0v) is 17.9. The van der Waals surface area contributed by atoms with Crippen molar-refractivity contribution >= 4 is 23.3 Å². The first-order chi connectivity index (χ1) is 15.1. The summed E-state index contributed by atoms with van der Waals surface area (Å²) >= 11 is 0. The molecule has 1 saturated heterocycles. The number of carbonyl (C=O) groups is 2. The third kappa shape index (κ3) is 6.11. The van der Waals surface area contributed by atoms with Crippen molar-refractivity contribution in [1.29, 1.82) is 0 Å². The maximum Gasteiger partial charge on any atom is 0.338 e. The number of benzene rings is 2. The molecule has 0 spiro atoms. The Morgan fingerprint density at radius 2 is 1.68 bits per heavy atom. The fourth-order valence-corrected chi connectivity index (χ4v) is 3.22. The molecule has 8 nitrogen and oxygen atoms in total. The average molecular weight is 428 g/mol. The lowest BCUT2D eigenvalue weighted by Crippen LogP contribution is -2.36. The number of anilines is 2. The number of hydrogen-bond acceptors (Lipinski definition) is 7. The van der Waals surface area contributed by atoms with Crippen molar-refractivity contribution in [3.63, 3.8) is 0 Å². The molecule has 0 aromatic heterocycles. The van der Waals surface area contributed by atoms with Gasteiger partial charge >= 0.3 is 5.97 Å². The molecule has 0 atom stereocenters. The van der Waals surface area contributed by atoms with Gasteiger partial charge in [0.1, 0.15) is 11.5 Å². The summed E-state index contributed by atoms with van der Waals surface area (Å²) in [5, 5.41) is 2.77. The zero-order valence-electron chi connectivity index (χ0n) is 17.9. The van der Waals surface area contributed by atoms with Crippen molar-refractivity contribution in [3.8, 4) is 11.5 Å². The van der Waals surface area contributed by atoms with Crippen molar-refractivity contribution in [1.82, 2.24) is 0 Å². The molecule has 2 aromatic carbocycles. The van der Waals surface area contributed by atoms with E-state index in [0.29, 0.717) is 49.2 Å². The molecule has 1 amide bonds. The minimum absolute atomic E-state index is 0.388. The Morgan fingerprint density at radius 3 is 2.35 bits per heavy atom. The van der Waals surface area contributed by atoms with Gasteiger partial charge in [-0.1, -0.05) is 18.2 Å². The minimum atomic E-state index is -0.557.